The van der Waals surface area contributed by atoms with Crippen molar-refractivity contribution in [2.45, 2.75) is 32.2 Å². The summed E-state index contributed by atoms with van der Waals surface area (Å²) in [7, 11) is 1.55. The number of carboxylic acid groups (broad SMARTS) is 1. The maximum absolute atomic E-state index is 11.8. The third-order valence-corrected chi connectivity index (χ3v) is 3.07. The van der Waals surface area contributed by atoms with Crippen LogP contribution in [-0.2, 0) is 14.3 Å². The first-order chi connectivity index (χ1) is 7.56. The number of carboxylic acids is 1. The van der Waals surface area contributed by atoms with Crippen LogP contribution in [0.4, 0.5) is 0 Å². The second-order valence-electron chi connectivity index (χ2n) is 4.25. The fourth-order valence-corrected chi connectivity index (χ4v) is 1.99. The lowest BCUT2D eigenvalue weighted by molar-refractivity contribution is -0.147. The predicted molar refractivity (Wildman–Crippen MR) is 58.0 cm³/mol. The molecule has 5 nitrogen and oxygen atoms in total. The first-order valence-electron chi connectivity index (χ1n) is 5.57. The number of ether oxygens (including phenoxy) is 1. The number of carbonyl (C=O) groups is 2. The SMILES string of the molecule is COCCC(=O)N1CC(C(=O)O)CCC1C. The molecule has 1 fully saturated rings. The van der Waals surface area contributed by atoms with Crippen LogP contribution in [0.5, 0.6) is 0 Å². The molecule has 1 aliphatic rings. The molecule has 2 unspecified atom stereocenters. The number of methoxy groups -OCH3 is 1. The van der Waals surface area contributed by atoms with Gasteiger partial charge in [-0.1, -0.05) is 0 Å². The van der Waals surface area contributed by atoms with Crippen LogP contribution in [0.1, 0.15) is 26.2 Å². The Morgan fingerprint density at radius 3 is 2.69 bits per heavy atom. The molecule has 0 saturated carbocycles. The number of aliphatic carboxylic acids is 1. The minimum absolute atomic E-state index is 0.0136. The maximum Gasteiger partial charge on any atom is 0.308 e. The third kappa shape index (κ3) is 3.20. The van der Waals surface area contributed by atoms with Crippen LogP contribution in [0.2, 0.25) is 0 Å². The van der Waals surface area contributed by atoms with Gasteiger partial charge in [-0.25, -0.2) is 0 Å². The molecule has 1 heterocycles. The Kier molecular flexibility index (Phi) is 4.73. The molecule has 0 bridgehead atoms. The van der Waals surface area contributed by atoms with Crippen molar-refractivity contribution >= 4 is 11.9 Å². The third-order valence-electron chi connectivity index (χ3n) is 3.07. The molecule has 1 aliphatic heterocycles. The van der Waals surface area contributed by atoms with E-state index in [1.165, 1.54) is 0 Å². The fraction of sp³-hybridized carbons (Fsp3) is 0.818. The summed E-state index contributed by atoms with van der Waals surface area (Å²) in [5, 5.41) is 8.94. The van der Waals surface area contributed by atoms with Crippen LogP contribution in [0.25, 0.3) is 0 Å². The molecule has 1 rings (SSSR count). The van der Waals surface area contributed by atoms with Crippen molar-refractivity contribution in [2.24, 2.45) is 5.92 Å². The van der Waals surface area contributed by atoms with E-state index in [2.05, 4.69) is 0 Å². The topological polar surface area (TPSA) is 66.8 Å². The van der Waals surface area contributed by atoms with Gasteiger partial charge < -0.3 is 14.7 Å². The highest BCUT2D eigenvalue weighted by Gasteiger charge is 2.31. The van der Waals surface area contributed by atoms with Gasteiger partial charge in [0.15, 0.2) is 0 Å². The highest BCUT2D eigenvalue weighted by molar-refractivity contribution is 5.78. The van der Waals surface area contributed by atoms with E-state index >= 15 is 0 Å². The largest absolute Gasteiger partial charge is 0.481 e. The van der Waals surface area contributed by atoms with Crippen molar-refractivity contribution in [3.8, 4) is 0 Å². The lowest BCUT2D eigenvalue weighted by Crippen LogP contribution is -2.47. The zero-order valence-electron chi connectivity index (χ0n) is 9.81. The van der Waals surface area contributed by atoms with Crippen molar-refractivity contribution in [1.82, 2.24) is 4.90 Å². The Morgan fingerprint density at radius 2 is 2.12 bits per heavy atom. The van der Waals surface area contributed by atoms with Gasteiger partial charge in [0.2, 0.25) is 5.91 Å². The summed E-state index contributed by atoms with van der Waals surface area (Å²) < 4.78 is 4.85. The first-order valence-corrected chi connectivity index (χ1v) is 5.57. The number of hydrogen-bond acceptors (Lipinski definition) is 3. The van der Waals surface area contributed by atoms with Crippen molar-refractivity contribution in [3.63, 3.8) is 0 Å². The summed E-state index contributed by atoms with van der Waals surface area (Å²) >= 11 is 0. The van der Waals surface area contributed by atoms with Crippen LogP contribution in [-0.4, -0.2) is 48.2 Å². The van der Waals surface area contributed by atoms with E-state index in [9.17, 15) is 9.59 Å². The van der Waals surface area contributed by atoms with E-state index in [1.807, 2.05) is 6.92 Å². The van der Waals surface area contributed by atoms with Gasteiger partial charge in [-0.05, 0) is 19.8 Å². The summed E-state index contributed by atoms with van der Waals surface area (Å²) in [5.41, 5.74) is 0. The minimum Gasteiger partial charge on any atom is -0.481 e. The second kappa shape index (κ2) is 5.84. The molecule has 0 aromatic rings. The van der Waals surface area contributed by atoms with Crippen LogP contribution in [0.15, 0.2) is 0 Å². The van der Waals surface area contributed by atoms with E-state index in [4.69, 9.17) is 9.84 Å². The van der Waals surface area contributed by atoms with Crippen LogP contribution >= 0.6 is 0 Å². The lowest BCUT2D eigenvalue weighted by atomic mass is 9.93. The average Bonchev–Trinajstić information content (AvgIpc) is 2.26. The molecular formula is C11H19NO4. The Balaban J connectivity index is 2.55. The minimum atomic E-state index is -0.809. The van der Waals surface area contributed by atoms with Crippen molar-refractivity contribution in [1.29, 1.82) is 0 Å². The molecule has 1 saturated heterocycles. The standard InChI is InChI=1S/C11H19NO4/c1-8-3-4-9(11(14)15)7-12(8)10(13)5-6-16-2/h8-9H,3-7H2,1-2H3,(H,14,15). The van der Waals surface area contributed by atoms with Crippen molar-refractivity contribution < 1.29 is 19.4 Å². The number of likely N-dealkylation sites (tertiary alicyclic amines) is 1. The van der Waals surface area contributed by atoms with Gasteiger partial charge in [0.05, 0.1) is 18.9 Å². The van der Waals surface area contributed by atoms with Crippen LogP contribution in [0, 0.1) is 5.92 Å². The maximum atomic E-state index is 11.8. The van der Waals surface area contributed by atoms with Gasteiger partial charge in [-0.3, -0.25) is 9.59 Å². The van der Waals surface area contributed by atoms with Crippen molar-refractivity contribution in [3.05, 3.63) is 0 Å². The summed E-state index contributed by atoms with van der Waals surface area (Å²) in [6.07, 6.45) is 1.74. The smallest absolute Gasteiger partial charge is 0.308 e. The van der Waals surface area contributed by atoms with Crippen LogP contribution in [0.3, 0.4) is 0 Å². The van der Waals surface area contributed by atoms with Gasteiger partial charge in [0.25, 0.3) is 0 Å². The Hall–Kier alpha value is -1.10. The summed E-state index contributed by atoms with van der Waals surface area (Å²) in [6.45, 7) is 2.68. The van der Waals surface area contributed by atoms with Crippen LogP contribution < -0.4 is 0 Å². The summed E-state index contributed by atoms with van der Waals surface area (Å²) in [5.74, 6) is -1.24. The molecule has 0 spiro atoms. The number of amides is 1. The Labute approximate surface area is 95.4 Å². The molecule has 0 radical (unpaired) electrons. The van der Waals surface area contributed by atoms with Gasteiger partial charge in [-0.2, -0.15) is 0 Å². The molecule has 92 valence electrons. The summed E-state index contributed by atoms with van der Waals surface area (Å²) in [6, 6.07) is 0.139. The average molecular weight is 229 g/mol. The number of carbonyl (C=O) groups excluding carboxylic acids is 1. The lowest BCUT2D eigenvalue weighted by Gasteiger charge is -2.36. The molecule has 0 aliphatic carbocycles. The normalized spacial score (nSPS) is 25.5. The molecule has 5 heteroatoms. The van der Waals surface area contributed by atoms with E-state index in [-0.39, 0.29) is 11.9 Å². The summed E-state index contributed by atoms with van der Waals surface area (Å²) in [4.78, 5) is 24.3. The molecule has 16 heavy (non-hydrogen) atoms. The molecule has 1 N–H and O–H groups in total. The monoisotopic (exact) mass is 229 g/mol. The van der Waals surface area contributed by atoms with Gasteiger partial charge in [0, 0.05) is 19.7 Å². The Bertz CT molecular complexity index is 267. The zero-order chi connectivity index (χ0) is 12.1. The highest BCUT2D eigenvalue weighted by Crippen LogP contribution is 2.22. The number of rotatable bonds is 4. The van der Waals surface area contributed by atoms with E-state index in [0.29, 0.717) is 26.0 Å². The zero-order valence-corrected chi connectivity index (χ0v) is 9.81. The second-order valence-corrected chi connectivity index (χ2v) is 4.25. The first kappa shape index (κ1) is 13.0. The molecule has 0 aromatic carbocycles. The van der Waals surface area contributed by atoms with E-state index in [0.717, 1.165) is 6.42 Å². The Morgan fingerprint density at radius 1 is 1.44 bits per heavy atom. The highest BCUT2D eigenvalue weighted by atomic mass is 16.5. The van der Waals surface area contributed by atoms with Crippen molar-refractivity contribution in [2.75, 3.05) is 20.3 Å². The number of piperidine rings is 1. The van der Waals surface area contributed by atoms with Gasteiger partial charge >= 0.3 is 5.97 Å². The molecular weight excluding hydrogens is 210 g/mol. The number of hydrogen-bond donors (Lipinski definition) is 1. The van der Waals surface area contributed by atoms with Gasteiger partial charge in [-0.15, -0.1) is 0 Å². The number of nitrogens with zero attached hydrogens (tertiary/aromatic N) is 1. The van der Waals surface area contributed by atoms with E-state index in [1.54, 1.807) is 12.0 Å². The quantitative estimate of drug-likeness (QED) is 0.772. The van der Waals surface area contributed by atoms with E-state index < -0.39 is 11.9 Å². The molecule has 2 atom stereocenters. The van der Waals surface area contributed by atoms with Gasteiger partial charge in [0.1, 0.15) is 0 Å². The fourth-order valence-electron chi connectivity index (χ4n) is 1.99. The molecule has 1 amide bonds. The predicted octanol–water partition coefficient (Wildman–Crippen LogP) is 0.735. The molecule has 0 aromatic heterocycles.